The second kappa shape index (κ2) is 8.52. The molecule has 2 aromatic rings. The number of amides is 1. The van der Waals surface area contributed by atoms with Gasteiger partial charge in [-0.1, -0.05) is 0 Å². The SMILES string of the molecule is COc1cc(C(=O)N/N=C\c2ccc(O)c([N+](=O)[O-])c2)cc(OC)c1OC. The zero-order valence-corrected chi connectivity index (χ0v) is 14.8. The van der Waals surface area contributed by atoms with E-state index < -0.39 is 22.3 Å². The van der Waals surface area contributed by atoms with Crippen LogP contribution in [0.15, 0.2) is 35.4 Å². The zero-order valence-electron chi connectivity index (χ0n) is 14.8. The summed E-state index contributed by atoms with van der Waals surface area (Å²) in [6.07, 6.45) is 1.21. The van der Waals surface area contributed by atoms with E-state index >= 15 is 0 Å². The number of phenolic OH excluding ortho intramolecular Hbond substituents is 1. The van der Waals surface area contributed by atoms with Crippen LogP contribution in [0, 0.1) is 10.1 Å². The Kier molecular flexibility index (Phi) is 6.15. The molecule has 0 unspecified atom stereocenters. The Balaban J connectivity index is 2.19. The molecule has 0 bridgehead atoms. The van der Waals surface area contributed by atoms with Crippen LogP contribution in [-0.4, -0.2) is 43.5 Å². The largest absolute Gasteiger partial charge is 0.502 e. The molecule has 1 amide bonds. The topological polar surface area (TPSA) is 133 Å². The predicted octanol–water partition coefficient (Wildman–Crippen LogP) is 2.09. The molecule has 142 valence electrons. The summed E-state index contributed by atoms with van der Waals surface area (Å²) in [5.41, 5.74) is 2.36. The molecule has 0 heterocycles. The summed E-state index contributed by atoms with van der Waals surface area (Å²) in [6, 6.07) is 6.62. The van der Waals surface area contributed by atoms with Crippen LogP contribution in [-0.2, 0) is 0 Å². The first-order valence-corrected chi connectivity index (χ1v) is 7.52. The number of carbonyl (C=O) groups is 1. The lowest BCUT2D eigenvalue weighted by Gasteiger charge is -2.13. The van der Waals surface area contributed by atoms with Gasteiger partial charge in [0.25, 0.3) is 5.91 Å². The zero-order chi connectivity index (χ0) is 20.0. The second-order valence-corrected chi connectivity index (χ2v) is 5.12. The van der Waals surface area contributed by atoms with E-state index in [0.29, 0.717) is 22.8 Å². The number of hydrogen-bond acceptors (Lipinski definition) is 8. The van der Waals surface area contributed by atoms with E-state index in [4.69, 9.17) is 14.2 Å². The van der Waals surface area contributed by atoms with Gasteiger partial charge < -0.3 is 19.3 Å². The first kappa shape index (κ1) is 19.5. The van der Waals surface area contributed by atoms with Crippen molar-refractivity contribution in [3.05, 3.63) is 51.6 Å². The molecule has 0 saturated carbocycles. The summed E-state index contributed by atoms with van der Waals surface area (Å²) in [5, 5.41) is 24.0. The van der Waals surface area contributed by atoms with Crippen molar-refractivity contribution in [3.8, 4) is 23.0 Å². The monoisotopic (exact) mass is 375 g/mol. The summed E-state index contributed by atoms with van der Waals surface area (Å²) in [7, 11) is 4.30. The Bertz CT molecular complexity index is 871. The third kappa shape index (κ3) is 4.42. The lowest BCUT2D eigenvalue weighted by molar-refractivity contribution is -0.385. The van der Waals surface area contributed by atoms with Crippen molar-refractivity contribution in [1.82, 2.24) is 5.43 Å². The summed E-state index contributed by atoms with van der Waals surface area (Å²) in [5.74, 6) is -0.0610. The van der Waals surface area contributed by atoms with Crippen LogP contribution in [0.4, 0.5) is 5.69 Å². The van der Waals surface area contributed by atoms with Crippen LogP contribution in [0.25, 0.3) is 0 Å². The predicted molar refractivity (Wildman–Crippen MR) is 95.9 cm³/mol. The molecule has 0 saturated heterocycles. The molecule has 2 aromatic carbocycles. The number of rotatable bonds is 7. The molecule has 0 spiro atoms. The number of aromatic hydroxyl groups is 1. The number of ether oxygens (including phenoxy) is 3. The highest BCUT2D eigenvalue weighted by molar-refractivity contribution is 5.96. The van der Waals surface area contributed by atoms with Crippen molar-refractivity contribution in [3.63, 3.8) is 0 Å². The highest BCUT2D eigenvalue weighted by Gasteiger charge is 2.17. The number of nitrogens with one attached hydrogen (secondary N) is 1. The Morgan fingerprint density at radius 2 is 1.78 bits per heavy atom. The van der Waals surface area contributed by atoms with Gasteiger partial charge in [0.05, 0.1) is 32.5 Å². The molecule has 2 rings (SSSR count). The number of phenols is 1. The van der Waals surface area contributed by atoms with Gasteiger partial charge in [-0.15, -0.1) is 0 Å². The maximum atomic E-state index is 12.3. The molecule has 0 aliphatic heterocycles. The summed E-state index contributed by atoms with van der Waals surface area (Å²) in [4.78, 5) is 22.4. The van der Waals surface area contributed by atoms with E-state index in [-0.39, 0.29) is 5.56 Å². The van der Waals surface area contributed by atoms with Crippen LogP contribution in [0.2, 0.25) is 0 Å². The fourth-order valence-corrected chi connectivity index (χ4v) is 2.21. The van der Waals surface area contributed by atoms with Crippen LogP contribution < -0.4 is 19.6 Å². The van der Waals surface area contributed by atoms with E-state index in [0.717, 1.165) is 6.07 Å². The fraction of sp³-hybridized carbons (Fsp3) is 0.176. The van der Waals surface area contributed by atoms with Gasteiger partial charge in [0, 0.05) is 17.2 Å². The van der Waals surface area contributed by atoms with Crippen LogP contribution in [0.3, 0.4) is 0 Å². The summed E-state index contributed by atoms with van der Waals surface area (Å²) < 4.78 is 15.5. The van der Waals surface area contributed by atoms with Crippen molar-refractivity contribution >= 4 is 17.8 Å². The van der Waals surface area contributed by atoms with E-state index in [1.807, 2.05) is 0 Å². The van der Waals surface area contributed by atoms with Gasteiger partial charge in [-0.05, 0) is 24.3 Å². The second-order valence-electron chi connectivity index (χ2n) is 5.12. The van der Waals surface area contributed by atoms with Gasteiger partial charge in [-0.2, -0.15) is 5.10 Å². The quantitative estimate of drug-likeness (QED) is 0.430. The van der Waals surface area contributed by atoms with Crippen molar-refractivity contribution in [2.45, 2.75) is 0 Å². The lowest BCUT2D eigenvalue weighted by Crippen LogP contribution is -2.18. The molecule has 0 aromatic heterocycles. The molecule has 0 aliphatic rings. The van der Waals surface area contributed by atoms with E-state index in [1.165, 1.54) is 51.8 Å². The van der Waals surface area contributed by atoms with Crippen molar-refractivity contribution in [2.75, 3.05) is 21.3 Å². The van der Waals surface area contributed by atoms with Gasteiger partial charge in [0.15, 0.2) is 17.2 Å². The summed E-state index contributed by atoms with van der Waals surface area (Å²) in [6.45, 7) is 0. The average Bonchev–Trinajstić information content (AvgIpc) is 2.67. The number of nitro groups is 1. The highest BCUT2D eigenvalue weighted by atomic mass is 16.6. The Labute approximate surface area is 154 Å². The van der Waals surface area contributed by atoms with Crippen LogP contribution in [0.1, 0.15) is 15.9 Å². The molecule has 0 aliphatic carbocycles. The number of methoxy groups -OCH3 is 3. The number of nitro benzene ring substituents is 1. The van der Waals surface area contributed by atoms with Gasteiger partial charge in [-0.3, -0.25) is 14.9 Å². The number of hydrogen-bond donors (Lipinski definition) is 2. The maximum absolute atomic E-state index is 12.3. The van der Waals surface area contributed by atoms with Crippen LogP contribution in [0.5, 0.6) is 23.0 Å². The lowest BCUT2D eigenvalue weighted by atomic mass is 10.1. The first-order chi connectivity index (χ1) is 12.9. The minimum atomic E-state index is -0.721. The minimum absolute atomic E-state index is 0.207. The van der Waals surface area contributed by atoms with E-state index in [2.05, 4.69) is 10.5 Å². The van der Waals surface area contributed by atoms with Gasteiger partial charge in [-0.25, -0.2) is 5.43 Å². The first-order valence-electron chi connectivity index (χ1n) is 7.52. The molecule has 0 atom stereocenters. The number of carbonyl (C=O) groups excluding carboxylic acids is 1. The Hall–Kier alpha value is -3.82. The average molecular weight is 375 g/mol. The van der Waals surface area contributed by atoms with E-state index in [9.17, 15) is 20.0 Å². The summed E-state index contributed by atoms with van der Waals surface area (Å²) >= 11 is 0. The number of nitrogens with zero attached hydrogens (tertiary/aromatic N) is 2. The standard InChI is InChI=1S/C17H17N3O7/c1-25-14-7-11(8-15(26-2)16(14)27-3)17(22)19-18-9-10-4-5-13(21)12(6-10)20(23)24/h4-9,21H,1-3H3,(H,19,22)/b18-9-. The molecule has 2 N–H and O–H groups in total. The van der Waals surface area contributed by atoms with Crippen LogP contribution >= 0.6 is 0 Å². The third-order valence-corrected chi connectivity index (χ3v) is 3.50. The molecular formula is C17H17N3O7. The molecular weight excluding hydrogens is 358 g/mol. The highest BCUT2D eigenvalue weighted by Crippen LogP contribution is 2.38. The third-order valence-electron chi connectivity index (χ3n) is 3.50. The fourth-order valence-electron chi connectivity index (χ4n) is 2.21. The van der Waals surface area contributed by atoms with Gasteiger partial charge in [0.1, 0.15) is 0 Å². The smallest absolute Gasteiger partial charge is 0.311 e. The van der Waals surface area contributed by atoms with Crippen molar-refractivity contribution < 1.29 is 29.0 Å². The minimum Gasteiger partial charge on any atom is -0.502 e. The molecule has 27 heavy (non-hydrogen) atoms. The Morgan fingerprint density at radius 3 is 2.30 bits per heavy atom. The van der Waals surface area contributed by atoms with Crippen molar-refractivity contribution in [1.29, 1.82) is 0 Å². The number of hydrazone groups is 1. The van der Waals surface area contributed by atoms with Gasteiger partial charge >= 0.3 is 5.69 Å². The maximum Gasteiger partial charge on any atom is 0.311 e. The van der Waals surface area contributed by atoms with Crippen molar-refractivity contribution in [2.24, 2.45) is 5.10 Å². The number of benzene rings is 2. The molecule has 10 heteroatoms. The molecule has 0 radical (unpaired) electrons. The normalized spacial score (nSPS) is 10.5. The molecule has 10 nitrogen and oxygen atoms in total. The molecule has 0 fully saturated rings. The van der Waals surface area contributed by atoms with Gasteiger partial charge in [0.2, 0.25) is 5.75 Å². The Morgan fingerprint density at radius 1 is 1.15 bits per heavy atom. The van der Waals surface area contributed by atoms with E-state index in [1.54, 1.807) is 0 Å².